The Labute approximate surface area is 122 Å². The molecule has 19 heavy (non-hydrogen) atoms. The molecule has 1 fully saturated rings. The largest absolute Gasteiger partial charge is 0.347 e. The number of aromatic nitrogens is 2. The minimum atomic E-state index is 0.441. The molecule has 0 spiro atoms. The Balaban J connectivity index is 2.09. The molecule has 1 saturated carbocycles. The van der Waals surface area contributed by atoms with Gasteiger partial charge in [0, 0.05) is 11.6 Å². The zero-order valence-corrected chi connectivity index (χ0v) is 13.4. The highest BCUT2D eigenvalue weighted by molar-refractivity contribution is 7.71. The van der Waals surface area contributed by atoms with Crippen molar-refractivity contribution in [3.8, 4) is 0 Å². The fourth-order valence-corrected chi connectivity index (χ4v) is 3.39. The molecule has 0 bridgehead atoms. The van der Waals surface area contributed by atoms with E-state index in [2.05, 4.69) is 37.7 Å². The van der Waals surface area contributed by atoms with Gasteiger partial charge in [0.15, 0.2) is 0 Å². The summed E-state index contributed by atoms with van der Waals surface area (Å²) in [6, 6.07) is 1.99. The van der Waals surface area contributed by atoms with Gasteiger partial charge in [-0.25, -0.2) is 4.98 Å². The smallest absolute Gasteiger partial charge is 0.129 e. The molecule has 1 aromatic rings. The molecule has 0 saturated heterocycles. The van der Waals surface area contributed by atoms with Crippen molar-refractivity contribution < 1.29 is 0 Å². The lowest BCUT2D eigenvalue weighted by atomic mass is 9.69. The summed E-state index contributed by atoms with van der Waals surface area (Å²) in [5.74, 6) is 2.55. The van der Waals surface area contributed by atoms with Crippen molar-refractivity contribution in [3.63, 3.8) is 0 Å². The van der Waals surface area contributed by atoms with Gasteiger partial charge in [0.05, 0.1) is 0 Å². The van der Waals surface area contributed by atoms with Gasteiger partial charge >= 0.3 is 0 Å². The van der Waals surface area contributed by atoms with Crippen LogP contribution in [0, 0.1) is 16.0 Å². The first-order chi connectivity index (χ1) is 8.90. The number of H-pyrrole nitrogens is 1. The van der Waals surface area contributed by atoms with E-state index in [0.717, 1.165) is 22.8 Å². The molecular weight excluding hydrogens is 252 g/mol. The number of rotatable bonds is 2. The van der Waals surface area contributed by atoms with E-state index in [9.17, 15) is 0 Å². The highest BCUT2D eigenvalue weighted by atomic mass is 32.1. The number of hydrogen-bond acceptors (Lipinski definition) is 2. The number of aromatic amines is 1. The van der Waals surface area contributed by atoms with Gasteiger partial charge in [-0.1, -0.05) is 39.9 Å². The highest BCUT2D eigenvalue weighted by Crippen LogP contribution is 2.42. The summed E-state index contributed by atoms with van der Waals surface area (Å²) in [6.07, 6.45) is 6.11. The number of aryl methyl sites for hydroxylation is 1. The standard InChI is InChI=1S/C16H26N2S/c1-5-13-10-14(19)18-15(17-13)11-6-8-12(9-7-11)16(2,3)4/h10-12H,5-9H2,1-4H3,(H,17,18,19). The Morgan fingerprint density at radius 3 is 2.42 bits per heavy atom. The van der Waals surface area contributed by atoms with E-state index in [0.29, 0.717) is 11.3 Å². The summed E-state index contributed by atoms with van der Waals surface area (Å²) in [7, 11) is 0. The van der Waals surface area contributed by atoms with Gasteiger partial charge in [-0.05, 0) is 49.5 Å². The second kappa shape index (κ2) is 5.74. The summed E-state index contributed by atoms with van der Waals surface area (Å²) in [5, 5.41) is 0. The maximum Gasteiger partial charge on any atom is 0.129 e. The van der Waals surface area contributed by atoms with Crippen molar-refractivity contribution in [2.24, 2.45) is 11.3 Å². The van der Waals surface area contributed by atoms with Crippen LogP contribution in [0.4, 0.5) is 0 Å². The maximum absolute atomic E-state index is 5.27. The third kappa shape index (κ3) is 3.65. The molecule has 1 heterocycles. The first-order valence-corrected chi connectivity index (χ1v) is 7.91. The average molecular weight is 278 g/mol. The second-order valence-electron chi connectivity index (χ2n) is 6.90. The molecule has 1 aromatic heterocycles. The molecule has 0 amide bonds. The van der Waals surface area contributed by atoms with Gasteiger partial charge in [0.1, 0.15) is 10.5 Å². The van der Waals surface area contributed by atoms with Gasteiger partial charge in [0.25, 0.3) is 0 Å². The highest BCUT2D eigenvalue weighted by Gasteiger charge is 2.30. The molecule has 1 aliphatic rings. The van der Waals surface area contributed by atoms with Crippen molar-refractivity contribution in [1.82, 2.24) is 9.97 Å². The van der Waals surface area contributed by atoms with E-state index >= 15 is 0 Å². The van der Waals surface area contributed by atoms with E-state index in [1.165, 1.54) is 31.4 Å². The van der Waals surface area contributed by atoms with E-state index in [4.69, 9.17) is 12.2 Å². The zero-order chi connectivity index (χ0) is 14.0. The number of nitrogens with zero attached hydrogens (tertiary/aromatic N) is 1. The SMILES string of the molecule is CCc1cc(=S)nc(C2CCC(C(C)(C)C)CC2)[nH]1. The summed E-state index contributed by atoms with van der Waals surface area (Å²) in [5.41, 5.74) is 1.66. The topological polar surface area (TPSA) is 28.7 Å². The van der Waals surface area contributed by atoms with Crippen LogP contribution in [0.3, 0.4) is 0 Å². The quantitative estimate of drug-likeness (QED) is 0.769. The van der Waals surface area contributed by atoms with Gasteiger partial charge < -0.3 is 4.98 Å². The molecule has 0 unspecified atom stereocenters. The first kappa shape index (κ1) is 14.7. The number of hydrogen-bond donors (Lipinski definition) is 1. The Bertz CT molecular complexity index is 476. The van der Waals surface area contributed by atoms with Crippen LogP contribution in [-0.4, -0.2) is 9.97 Å². The van der Waals surface area contributed by atoms with Crippen LogP contribution in [0.25, 0.3) is 0 Å². The van der Waals surface area contributed by atoms with Gasteiger partial charge in [-0.3, -0.25) is 0 Å². The van der Waals surface area contributed by atoms with E-state index < -0.39 is 0 Å². The van der Waals surface area contributed by atoms with Crippen LogP contribution >= 0.6 is 12.2 Å². The Morgan fingerprint density at radius 2 is 1.89 bits per heavy atom. The normalized spacial score (nSPS) is 24.4. The van der Waals surface area contributed by atoms with Gasteiger partial charge in [-0.2, -0.15) is 0 Å². The molecule has 1 N–H and O–H groups in total. The third-order valence-electron chi connectivity index (χ3n) is 4.54. The van der Waals surface area contributed by atoms with Crippen molar-refractivity contribution >= 4 is 12.2 Å². The maximum atomic E-state index is 5.27. The number of nitrogens with one attached hydrogen (secondary N) is 1. The van der Waals surface area contributed by atoms with E-state index in [-0.39, 0.29) is 0 Å². The van der Waals surface area contributed by atoms with Crippen LogP contribution in [0.2, 0.25) is 0 Å². The summed E-state index contributed by atoms with van der Waals surface area (Å²) < 4.78 is 0.739. The van der Waals surface area contributed by atoms with Crippen LogP contribution < -0.4 is 0 Å². The summed E-state index contributed by atoms with van der Waals surface area (Å²) in [4.78, 5) is 8.03. The Morgan fingerprint density at radius 1 is 1.26 bits per heavy atom. The molecule has 0 aromatic carbocycles. The zero-order valence-electron chi connectivity index (χ0n) is 12.6. The Kier molecular flexibility index (Phi) is 4.44. The molecular formula is C16H26N2S. The lowest BCUT2D eigenvalue weighted by Crippen LogP contribution is -2.25. The van der Waals surface area contributed by atoms with Crippen LogP contribution in [0.5, 0.6) is 0 Å². The summed E-state index contributed by atoms with van der Waals surface area (Å²) >= 11 is 5.27. The summed E-state index contributed by atoms with van der Waals surface area (Å²) in [6.45, 7) is 9.24. The molecule has 0 aliphatic heterocycles. The fraction of sp³-hybridized carbons (Fsp3) is 0.750. The molecule has 106 valence electrons. The molecule has 1 aliphatic carbocycles. The van der Waals surface area contributed by atoms with Crippen molar-refractivity contribution in [1.29, 1.82) is 0 Å². The van der Waals surface area contributed by atoms with E-state index in [1.807, 2.05) is 6.07 Å². The second-order valence-corrected chi connectivity index (χ2v) is 7.32. The Hall–Kier alpha value is -0.700. The molecule has 2 rings (SSSR count). The van der Waals surface area contributed by atoms with Gasteiger partial charge in [-0.15, -0.1) is 0 Å². The van der Waals surface area contributed by atoms with Crippen molar-refractivity contribution in [2.75, 3.05) is 0 Å². The van der Waals surface area contributed by atoms with Crippen molar-refractivity contribution in [2.45, 2.75) is 65.7 Å². The van der Waals surface area contributed by atoms with Crippen LogP contribution in [0.15, 0.2) is 6.07 Å². The monoisotopic (exact) mass is 278 g/mol. The lowest BCUT2D eigenvalue weighted by Gasteiger charge is -2.36. The first-order valence-electron chi connectivity index (χ1n) is 7.50. The fourth-order valence-electron chi connectivity index (χ4n) is 3.15. The van der Waals surface area contributed by atoms with Crippen LogP contribution in [-0.2, 0) is 6.42 Å². The molecule has 2 nitrogen and oxygen atoms in total. The van der Waals surface area contributed by atoms with E-state index in [1.54, 1.807) is 0 Å². The molecule has 3 heteroatoms. The predicted molar refractivity (Wildman–Crippen MR) is 83.0 cm³/mol. The lowest BCUT2D eigenvalue weighted by molar-refractivity contribution is 0.167. The van der Waals surface area contributed by atoms with Crippen LogP contribution in [0.1, 0.15) is 70.8 Å². The predicted octanol–water partition coefficient (Wildman–Crippen LogP) is 5.02. The average Bonchev–Trinajstić information content (AvgIpc) is 2.37. The minimum Gasteiger partial charge on any atom is -0.347 e. The molecule has 0 radical (unpaired) electrons. The molecule has 0 atom stereocenters. The van der Waals surface area contributed by atoms with Crippen molar-refractivity contribution in [3.05, 3.63) is 22.2 Å². The minimum absolute atomic E-state index is 0.441. The van der Waals surface area contributed by atoms with Gasteiger partial charge in [0.2, 0.25) is 0 Å². The third-order valence-corrected chi connectivity index (χ3v) is 4.75.